The summed E-state index contributed by atoms with van der Waals surface area (Å²) in [7, 11) is 1.15. The van der Waals surface area contributed by atoms with E-state index in [1.54, 1.807) is 26.8 Å². The molecule has 36 heavy (non-hydrogen) atoms. The van der Waals surface area contributed by atoms with Gasteiger partial charge in [-0.2, -0.15) is 0 Å². The first kappa shape index (κ1) is 29.0. The van der Waals surface area contributed by atoms with E-state index in [9.17, 15) is 29.1 Å². The van der Waals surface area contributed by atoms with Crippen LogP contribution in [0.15, 0.2) is 35.5 Å². The van der Waals surface area contributed by atoms with Crippen LogP contribution in [0.4, 0.5) is 0 Å². The summed E-state index contributed by atoms with van der Waals surface area (Å²) >= 11 is 0. The number of methoxy groups -OCH3 is 1. The van der Waals surface area contributed by atoms with Crippen molar-refractivity contribution >= 4 is 29.7 Å². The zero-order valence-corrected chi connectivity index (χ0v) is 21.5. The van der Waals surface area contributed by atoms with Crippen LogP contribution in [0, 0.1) is 11.8 Å². The Bertz CT molecular complexity index is 1000. The molecule has 0 aromatic carbocycles. The van der Waals surface area contributed by atoms with Crippen LogP contribution >= 0.6 is 0 Å². The maximum absolute atomic E-state index is 13.0. The SMILES string of the molecule is C=C1C(=O)OC2C=C(C)CCC=C(C(=O)OC)C(OC(=O)C(C)CC)C(OC(=O)C(C)(O)C(C)=O)C12. The lowest BCUT2D eigenvalue weighted by atomic mass is 9.83. The molecule has 10 heteroatoms. The first-order chi connectivity index (χ1) is 16.8. The van der Waals surface area contributed by atoms with Crippen molar-refractivity contribution in [2.45, 2.75) is 77.8 Å². The molecule has 0 amide bonds. The molecule has 0 radical (unpaired) electrons. The summed E-state index contributed by atoms with van der Waals surface area (Å²) in [5.74, 6) is -6.20. The molecule has 1 saturated heterocycles. The van der Waals surface area contributed by atoms with Crippen LogP contribution in [0.3, 0.4) is 0 Å². The number of ketones is 1. The Kier molecular flexibility index (Phi) is 9.37. The van der Waals surface area contributed by atoms with E-state index in [1.165, 1.54) is 6.08 Å². The topological polar surface area (TPSA) is 143 Å². The molecular weight excluding hydrogens is 472 g/mol. The average Bonchev–Trinajstić information content (AvgIpc) is 3.09. The fourth-order valence-corrected chi connectivity index (χ4v) is 3.80. The lowest BCUT2D eigenvalue weighted by Crippen LogP contribution is -2.51. The van der Waals surface area contributed by atoms with Gasteiger partial charge in [-0.05, 0) is 46.1 Å². The van der Waals surface area contributed by atoms with Gasteiger partial charge in [-0.1, -0.05) is 32.1 Å². The number of hydrogen-bond donors (Lipinski definition) is 1. The lowest BCUT2D eigenvalue weighted by molar-refractivity contribution is -0.186. The van der Waals surface area contributed by atoms with Crippen molar-refractivity contribution in [1.82, 2.24) is 0 Å². The highest BCUT2D eigenvalue weighted by Crippen LogP contribution is 2.38. The first-order valence-electron chi connectivity index (χ1n) is 11.8. The van der Waals surface area contributed by atoms with Gasteiger partial charge in [-0.25, -0.2) is 14.4 Å². The minimum Gasteiger partial charge on any atom is -0.466 e. The number of rotatable bonds is 7. The number of hydrogen-bond acceptors (Lipinski definition) is 10. The standard InChI is InChI=1S/C26H34O10/c1-8-14(3)22(28)35-20-17(24(30)33-7)11-9-10-13(2)12-18-19(15(4)23(29)34-18)21(20)36-25(31)26(6,32)16(5)27/h11-12,14,18-21,32H,4,8-10H2,1-3,5-7H3. The quantitative estimate of drug-likeness (QED) is 0.179. The molecule has 1 aliphatic carbocycles. The van der Waals surface area contributed by atoms with Gasteiger partial charge in [-0.3, -0.25) is 9.59 Å². The van der Waals surface area contributed by atoms with E-state index in [0.717, 1.165) is 26.5 Å². The van der Waals surface area contributed by atoms with Gasteiger partial charge in [-0.15, -0.1) is 0 Å². The van der Waals surface area contributed by atoms with E-state index in [4.69, 9.17) is 18.9 Å². The van der Waals surface area contributed by atoms with E-state index >= 15 is 0 Å². The maximum Gasteiger partial charge on any atom is 0.346 e. The predicted molar refractivity (Wildman–Crippen MR) is 126 cm³/mol. The van der Waals surface area contributed by atoms with Crippen LogP contribution in [-0.4, -0.2) is 65.8 Å². The number of carbonyl (C=O) groups excluding carboxylic acids is 5. The Labute approximate surface area is 210 Å². The summed E-state index contributed by atoms with van der Waals surface area (Å²) in [4.78, 5) is 63.2. The zero-order chi connectivity index (χ0) is 27.4. The van der Waals surface area contributed by atoms with E-state index in [2.05, 4.69) is 6.58 Å². The molecule has 1 N–H and O–H groups in total. The second kappa shape index (κ2) is 11.6. The molecular formula is C26H34O10. The van der Waals surface area contributed by atoms with Crippen molar-refractivity contribution in [1.29, 1.82) is 0 Å². The maximum atomic E-state index is 13.0. The van der Waals surface area contributed by atoms with E-state index in [1.807, 2.05) is 0 Å². The van der Waals surface area contributed by atoms with E-state index < -0.39 is 65.4 Å². The van der Waals surface area contributed by atoms with Crippen LogP contribution < -0.4 is 0 Å². The van der Waals surface area contributed by atoms with Gasteiger partial charge in [0, 0.05) is 5.57 Å². The number of fused-ring (bicyclic) bond motifs is 1. The van der Waals surface area contributed by atoms with Crippen molar-refractivity contribution in [2.75, 3.05) is 7.11 Å². The summed E-state index contributed by atoms with van der Waals surface area (Å²) in [5.41, 5.74) is -1.92. The van der Waals surface area contributed by atoms with Crippen LogP contribution in [0.1, 0.15) is 53.9 Å². The Morgan fingerprint density at radius 1 is 1.28 bits per heavy atom. The highest BCUT2D eigenvalue weighted by molar-refractivity contribution is 6.05. The van der Waals surface area contributed by atoms with Gasteiger partial charge in [0.15, 0.2) is 18.0 Å². The van der Waals surface area contributed by atoms with E-state index in [-0.39, 0.29) is 11.1 Å². The molecule has 6 atom stereocenters. The van der Waals surface area contributed by atoms with Crippen molar-refractivity contribution < 1.29 is 48.0 Å². The smallest absolute Gasteiger partial charge is 0.346 e. The van der Waals surface area contributed by atoms with Gasteiger partial charge >= 0.3 is 23.9 Å². The van der Waals surface area contributed by atoms with Crippen molar-refractivity contribution in [2.24, 2.45) is 11.8 Å². The summed E-state index contributed by atoms with van der Waals surface area (Å²) < 4.78 is 21.7. The van der Waals surface area contributed by atoms with Crippen LogP contribution in [0.25, 0.3) is 0 Å². The first-order valence-corrected chi connectivity index (χ1v) is 11.8. The van der Waals surface area contributed by atoms with Gasteiger partial charge in [0.2, 0.25) is 5.60 Å². The second-order valence-electron chi connectivity index (χ2n) is 9.29. The molecule has 0 bridgehead atoms. The molecule has 0 spiro atoms. The third-order valence-electron chi connectivity index (χ3n) is 6.58. The fourth-order valence-electron chi connectivity index (χ4n) is 3.80. The third kappa shape index (κ3) is 6.10. The van der Waals surface area contributed by atoms with Crippen molar-refractivity contribution in [3.05, 3.63) is 35.5 Å². The van der Waals surface area contributed by atoms with E-state index in [0.29, 0.717) is 19.3 Å². The summed E-state index contributed by atoms with van der Waals surface area (Å²) in [5, 5.41) is 10.5. The van der Waals surface area contributed by atoms with Crippen molar-refractivity contribution in [3.63, 3.8) is 0 Å². The van der Waals surface area contributed by atoms with Gasteiger partial charge in [0.1, 0.15) is 6.10 Å². The monoisotopic (exact) mass is 506 g/mol. The Hall–Kier alpha value is -3.27. The normalized spacial score (nSPS) is 26.8. The molecule has 1 heterocycles. The summed E-state index contributed by atoms with van der Waals surface area (Å²) in [6.45, 7) is 10.9. The number of aliphatic hydroxyl groups is 1. The van der Waals surface area contributed by atoms with Crippen LogP contribution in [0.2, 0.25) is 0 Å². The van der Waals surface area contributed by atoms with Crippen molar-refractivity contribution in [3.8, 4) is 0 Å². The third-order valence-corrected chi connectivity index (χ3v) is 6.58. The Balaban J connectivity index is 2.76. The molecule has 198 valence electrons. The molecule has 1 aliphatic heterocycles. The number of allylic oxidation sites excluding steroid dienone is 2. The number of carbonyl (C=O) groups is 5. The minimum absolute atomic E-state index is 0.0845. The molecule has 0 saturated carbocycles. The molecule has 10 nitrogen and oxygen atoms in total. The lowest BCUT2D eigenvalue weighted by Gasteiger charge is -2.35. The predicted octanol–water partition coefficient (Wildman–Crippen LogP) is 2.13. The molecule has 1 fully saturated rings. The second-order valence-corrected chi connectivity index (χ2v) is 9.29. The molecule has 2 aliphatic rings. The highest BCUT2D eigenvalue weighted by Gasteiger charge is 2.52. The van der Waals surface area contributed by atoms with Gasteiger partial charge in [0.05, 0.1) is 24.5 Å². The average molecular weight is 507 g/mol. The van der Waals surface area contributed by atoms with Gasteiger partial charge < -0.3 is 24.1 Å². The van der Waals surface area contributed by atoms with Gasteiger partial charge in [0.25, 0.3) is 0 Å². The molecule has 2 rings (SSSR count). The molecule has 6 unspecified atom stereocenters. The summed E-state index contributed by atoms with van der Waals surface area (Å²) in [6.07, 6.45) is 0.369. The number of ether oxygens (including phenoxy) is 4. The largest absolute Gasteiger partial charge is 0.466 e. The number of Topliss-reactive ketones (excluding diaryl/α,β-unsaturated/α-hetero) is 1. The minimum atomic E-state index is -2.54. The van der Waals surface area contributed by atoms with Crippen LogP contribution in [0.5, 0.6) is 0 Å². The number of esters is 4. The fraction of sp³-hybridized carbons (Fsp3) is 0.577. The summed E-state index contributed by atoms with van der Waals surface area (Å²) in [6, 6.07) is 0. The Morgan fingerprint density at radius 3 is 2.47 bits per heavy atom. The highest BCUT2D eigenvalue weighted by atomic mass is 16.6. The zero-order valence-electron chi connectivity index (χ0n) is 21.5. The molecule has 0 aromatic heterocycles. The van der Waals surface area contributed by atoms with Crippen LogP contribution in [-0.2, 0) is 42.9 Å². The molecule has 0 aromatic rings. The Morgan fingerprint density at radius 2 is 1.92 bits per heavy atom.